The summed E-state index contributed by atoms with van der Waals surface area (Å²) in [4.78, 5) is 12.5. The summed E-state index contributed by atoms with van der Waals surface area (Å²) in [5.74, 6) is 0.688. The van der Waals surface area contributed by atoms with E-state index in [9.17, 15) is 4.79 Å². The molecular weight excluding hydrogens is 420 g/mol. The number of hydrogen-bond donors (Lipinski definition) is 1. The second kappa shape index (κ2) is 8.16. The number of nitrogens with zero attached hydrogens (tertiary/aromatic N) is 3. The second-order valence-corrected chi connectivity index (χ2v) is 6.50. The summed E-state index contributed by atoms with van der Waals surface area (Å²) in [6, 6.07) is 14.5. The highest BCUT2D eigenvalue weighted by molar-refractivity contribution is 9.10. The van der Waals surface area contributed by atoms with Crippen molar-refractivity contribution < 1.29 is 4.74 Å². The second-order valence-electron chi connectivity index (χ2n) is 5.21. The molecular formula is C18H14BrClN4O2. The number of halogens is 2. The predicted molar refractivity (Wildman–Crippen MR) is 107 cm³/mol. The average Bonchev–Trinajstić information content (AvgIpc) is 2.67. The van der Waals surface area contributed by atoms with Gasteiger partial charge < -0.3 is 4.74 Å². The maximum atomic E-state index is 12.5. The molecule has 0 fully saturated rings. The molecule has 8 heteroatoms. The summed E-state index contributed by atoms with van der Waals surface area (Å²) in [7, 11) is 1.57. The van der Waals surface area contributed by atoms with E-state index >= 15 is 0 Å². The molecule has 26 heavy (non-hydrogen) atoms. The quantitative estimate of drug-likeness (QED) is 0.486. The monoisotopic (exact) mass is 432 g/mol. The molecule has 0 spiro atoms. The summed E-state index contributed by atoms with van der Waals surface area (Å²) in [5, 5.41) is 8.23. The zero-order valence-corrected chi connectivity index (χ0v) is 16.0. The van der Waals surface area contributed by atoms with E-state index in [-0.39, 0.29) is 5.02 Å². The van der Waals surface area contributed by atoms with Gasteiger partial charge in [-0.15, -0.1) is 0 Å². The molecule has 3 aromatic rings. The van der Waals surface area contributed by atoms with Crippen LogP contribution in [0, 0.1) is 0 Å². The van der Waals surface area contributed by atoms with E-state index in [1.165, 1.54) is 10.9 Å². The van der Waals surface area contributed by atoms with Gasteiger partial charge in [-0.25, -0.2) is 0 Å². The van der Waals surface area contributed by atoms with Crippen LogP contribution in [0.3, 0.4) is 0 Å². The Kier molecular flexibility index (Phi) is 5.70. The molecule has 0 aliphatic rings. The Hall–Kier alpha value is -2.64. The minimum atomic E-state index is -0.444. The highest BCUT2D eigenvalue weighted by Crippen LogP contribution is 2.18. The molecule has 132 valence electrons. The van der Waals surface area contributed by atoms with Crippen LogP contribution in [-0.4, -0.2) is 23.1 Å². The molecule has 2 aromatic carbocycles. The summed E-state index contributed by atoms with van der Waals surface area (Å²) in [6.45, 7) is 0. The Morgan fingerprint density at radius 3 is 2.54 bits per heavy atom. The number of methoxy groups -OCH3 is 1. The zero-order chi connectivity index (χ0) is 18.5. The van der Waals surface area contributed by atoms with Crippen molar-refractivity contribution in [2.24, 2.45) is 5.10 Å². The lowest BCUT2D eigenvalue weighted by atomic mass is 10.2. The molecule has 1 aromatic heterocycles. The molecule has 6 nitrogen and oxygen atoms in total. The van der Waals surface area contributed by atoms with E-state index in [0.717, 1.165) is 10.0 Å². The van der Waals surface area contributed by atoms with Crippen LogP contribution in [0.5, 0.6) is 5.75 Å². The molecule has 0 unspecified atom stereocenters. The fourth-order valence-corrected chi connectivity index (χ4v) is 2.58. The number of aromatic nitrogens is 2. The molecule has 0 aliphatic heterocycles. The summed E-state index contributed by atoms with van der Waals surface area (Å²) < 4.78 is 7.30. The molecule has 0 bridgehead atoms. The number of benzene rings is 2. The lowest BCUT2D eigenvalue weighted by Crippen LogP contribution is -2.22. The van der Waals surface area contributed by atoms with Crippen LogP contribution in [0.2, 0.25) is 5.02 Å². The first-order chi connectivity index (χ1) is 12.6. The largest absolute Gasteiger partial charge is 0.497 e. The Morgan fingerprint density at radius 2 is 1.88 bits per heavy atom. The van der Waals surface area contributed by atoms with Gasteiger partial charge in [0, 0.05) is 4.47 Å². The van der Waals surface area contributed by atoms with Gasteiger partial charge in [0.2, 0.25) is 0 Å². The first-order valence-electron chi connectivity index (χ1n) is 7.55. The van der Waals surface area contributed by atoms with Gasteiger partial charge in [-0.3, -0.25) is 10.2 Å². The fraction of sp³-hybridized carbons (Fsp3) is 0.0556. The Balaban J connectivity index is 1.80. The van der Waals surface area contributed by atoms with Gasteiger partial charge in [-0.05, 0) is 42.0 Å². The van der Waals surface area contributed by atoms with Crippen LogP contribution in [0.15, 0.2) is 69.1 Å². The molecule has 0 amide bonds. The average molecular weight is 434 g/mol. The van der Waals surface area contributed by atoms with E-state index in [4.69, 9.17) is 16.3 Å². The highest BCUT2D eigenvalue weighted by Gasteiger charge is 2.10. The van der Waals surface area contributed by atoms with Crippen molar-refractivity contribution in [3.63, 3.8) is 0 Å². The maximum absolute atomic E-state index is 12.5. The standard InChI is InChI=1S/C18H14BrClN4O2/c1-26-15-8-6-14(7-9-15)24-18(25)17(20)16(11-22-24)23-21-10-12-2-4-13(19)5-3-12/h2-11,23H,1H3/b21-10-. The summed E-state index contributed by atoms with van der Waals surface area (Å²) in [5.41, 5.74) is 4.11. The van der Waals surface area contributed by atoms with Crippen molar-refractivity contribution in [2.45, 2.75) is 0 Å². The molecule has 0 aliphatic carbocycles. The normalized spacial score (nSPS) is 10.9. The van der Waals surface area contributed by atoms with Crippen LogP contribution in [-0.2, 0) is 0 Å². The van der Waals surface area contributed by atoms with Crippen LogP contribution < -0.4 is 15.7 Å². The zero-order valence-electron chi connectivity index (χ0n) is 13.7. The highest BCUT2D eigenvalue weighted by atomic mass is 79.9. The number of anilines is 1. The third-order valence-corrected chi connectivity index (χ3v) is 4.40. The summed E-state index contributed by atoms with van der Waals surface area (Å²) >= 11 is 9.54. The lowest BCUT2D eigenvalue weighted by molar-refractivity contribution is 0.414. The topological polar surface area (TPSA) is 68.5 Å². The number of hydrazone groups is 1. The van der Waals surface area contributed by atoms with Crippen molar-refractivity contribution in [1.29, 1.82) is 0 Å². The number of ether oxygens (including phenoxy) is 1. The van der Waals surface area contributed by atoms with Gasteiger partial charge in [-0.1, -0.05) is 39.7 Å². The fourth-order valence-electron chi connectivity index (χ4n) is 2.14. The van der Waals surface area contributed by atoms with Crippen molar-refractivity contribution in [2.75, 3.05) is 12.5 Å². The lowest BCUT2D eigenvalue weighted by Gasteiger charge is -2.08. The molecule has 3 rings (SSSR count). The number of hydrogen-bond acceptors (Lipinski definition) is 5. The van der Waals surface area contributed by atoms with Gasteiger partial charge in [0.25, 0.3) is 5.56 Å². The van der Waals surface area contributed by atoms with Crippen molar-refractivity contribution in [1.82, 2.24) is 9.78 Å². The van der Waals surface area contributed by atoms with Crippen LogP contribution >= 0.6 is 27.5 Å². The first-order valence-corrected chi connectivity index (χ1v) is 8.72. The maximum Gasteiger partial charge on any atom is 0.292 e. The van der Waals surface area contributed by atoms with Crippen LogP contribution in [0.1, 0.15) is 5.56 Å². The Morgan fingerprint density at radius 1 is 1.19 bits per heavy atom. The van der Waals surface area contributed by atoms with Gasteiger partial charge in [0.15, 0.2) is 0 Å². The molecule has 0 saturated heterocycles. The minimum absolute atomic E-state index is 0.00349. The van der Waals surface area contributed by atoms with Crippen molar-refractivity contribution in [3.8, 4) is 11.4 Å². The number of rotatable bonds is 5. The predicted octanol–water partition coefficient (Wildman–Crippen LogP) is 4.10. The van der Waals surface area contributed by atoms with E-state index in [1.54, 1.807) is 37.6 Å². The molecule has 0 radical (unpaired) electrons. The minimum Gasteiger partial charge on any atom is -0.497 e. The first kappa shape index (κ1) is 18.2. The van der Waals surface area contributed by atoms with Crippen molar-refractivity contribution in [3.05, 3.63) is 80.1 Å². The molecule has 1 heterocycles. The SMILES string of the molecule is COc1ccc(-n2ncc(N/N=C\c3ccc(Br)cc3)c(Cl)c2=O)cc1. The Labute approximate surface area is 163 Å². The van der Waals surface area contributed by atoms with Crippen LogP contribution in [0.4, 0.5) is 5.69 Å². The third-order valence-electron chi connectivity index (χ3n) is 3.50. The van der Waals surface area contributed by atoms with E-state index < -0.39 is 5.56 Å². The Bertz CT molecular complexity index is 986. The van der Waals surface area contributed by atoms with E-state index in [0.29, 0.717) is 17.1 Å². The van der Waals surface area contributed by atoms with E-state index in [2.05, 4.69) is 31.6 Å². The van der Waals surface area contributed by atoms with Crippen molar-refractivity contribution >= 4 is 39.4 Å². The molecule has 0 saturated carbocycles. The number of nitrogens with one attached hydrogen (secondary N) is 1. The smallest absolute Gasteiger partial charge is 0.292 e. The van der Waals surface area contributed by atoms with Gasteiger partial charge >= 0.3 is 0 Å². The van der Waals surface area contributed by atoms with Gasteiger partial charge in [0.1, 0.15) is 16.5 Å². The van der Waals surface area contributed by atoms with Gasteiger partial charge in [-0.2, -0.15) is 14.9 Å². The molecule has 0 atom stereocenters. The summed E-state index contributed by atoms with van der Waals surface area (Å²) in [6.07, 6.45) is 3.07. The molecule has 1 N–H and O–H groups in total. The van der Waals surface area contributed by atoms with Crippen LogP contribution in [0.25, 0.3) is 5.69 Å². The van der Waals surface area contributed by atoms with Gasteiger partial charge in [0.05, 0.1) is 25.2 Å². The van der Waals surface area contributed by atoms with E-state index in [1.807, 2.05) is 24.3 Å². The third kappa shape index (κ3) is 4.12.